The van der Waals surface area contributed by atoms with Crippen LogP contribution in [0.3, 0.4) is 0 Å². The van der Waals surface area contributed by atoms with Crippen molar-refractivity contribution in [2.24, 2.45) is 0 Å². The zero-order chi connectivity index (χ0) is 22.3. The van der Waals surface area contributed by atoms with Crippen LogP contribution in [0.4, 0.5) is 18.9 Å². The van der Waals surface area contributed by atoms with E-state index in [4.69, 9.17) is 10.5 Å². The second kappa shape index (κ2) is 5.96. The molecule has 4 N–H and O–H groups in total. The number of sulfonamides is 1. The number of benzene rings is 2. The summed E-state index contributed by atoms with van der Waals surface area (Å²) in [6, 6.07) is 8.21. The van der Waals surface area contributed by atoms with Crippen molar-refractivity contribution in [3.63, 3.8) is 0 Å². The molecule has 1 aliphatic heterocycles. The molecule has 11 heteroatoms. The highest BCUT2D eigenvalue weighted by Crippen LogP contribution is 2.59. The van der Waals surface area contributed by atoms with E-state index in [0.717, 1.165) is 0 Å². The third kappa shape index (κ3) is 2.39. The number of nitrogen functional groups attached to an aromatic ring is 1. The fraction of sp³-hybridized carbons (Fsp3) is 0.316. The van der Waals surface area contributed by atoms with Gasteiger partial charge in [0.15, 0.2) is 11.3 Å². The third-order valence-electron chi connectivity index (χ3n) is 5.46. The number of anilines is 1. The van der Waals surface area contributed by atoms with E-state index in [1.165, 1.54) is 41.1 Å². The summed E-state index contributed by atoms with van der Waals surface area (Å²) in [7, 11) is -6.07. The molecule has 2 unspecified atom stereocenters. The SMILES string of the molecule is CC(C)c1ccc2c(c1)OC1(O)c3cccc(N)c3C(=O)C21NS(=O)(=O)C(F)(F)F. The number of Topliss-reactive ketones (excluding diaryl/α,β-unsaturated/α-hetero) is 1. The summed E-state index contributed by atoms with van der Waals surface area (Å²) in [6.45, 7) is 3.71. The highest BCUT2D eigenvalue weighted by molar-refractivity contribution is 7.90. The van der Waals surface area contributed by atoms with Crippen LogP contribution in [0.1, 0.15) is 46.8 Å². The zero-order valence-electron chi connectivity index (χ0n) is 15.7. The summed E-state index contributed by atoms with van der Waals surface area (Å²) in [4.78, 5) is 13.4. The van der Waals surface area contributed by atoms with E-state index >= 15 is 0 Å². The quantitative estimate of drug-likeness (QED) is 0.629. The maximum absolute atomic E-state index is 13.4. The Hall–Kier alpha value is -2.63. The first kappa shape index (κ1) is 20.6. The van der Waals surface area contributed by atoms with Gasteiger partial charge in [0.1, 0.15) is 5.75 Å². The molecular formula is C19H17F3N2O5S. The number of ether oxygens (including phenoxy) is 1. The molecule has 1 heterocycles. The monoisotopic (exact) mass is 442 g/mol. The number of nitrogens with one attached hydrogen (secondary N) is 1. The van der Waals surface area contributed by atoms with Gasteiger partial charge < -0.3 is 15.6 Å². The Morgan fingerprint density at radius 1 is 1.17 bits per heavy atom. The van der Waals surface area contributed by atoms with Crippen LogP contribution in [0.15, 0.2) is 36.4 Å². The van der Waals surface area contributed by atoms with E-state index in [-0.39, 0.29) is 34.0 Å². The average molecular weight is 442 g/mol. The fourth-order valence-electron chi connectivity index (χ4n) is 3.97. The lowest BCUT2D eigenvalue weighted by atomic mass is 9.83. The second-order valence-electron chi connectivity index (χ2n) is 7.56. The maximum Gasteiger partial charge on any atom is 0.511 e. The summed E-state index contributed by atoms with van der Waals surface area (Å²) in [5.41, 5.74) is -2.86. The van der Waals surface area contributed by atoms with E-state index in [1.54, 1.807) is 0 Å². The number of carbonyl (C=O) groups excluding carboxylic acids is 1. The molecule has 0 aromatic heterocycles. The van der Waals surface area contributed by atoms with Gasteiger partial charge in [-0.25, -0.2) is 8.42 Å². The van der Waals surface area contributed by atoms with Crippen LogP contribution >= 0.6 is 0 Å². The summed E-state index contributed by atoms with van der Waals surface area (Å²) >= 11 is 0. The Labute approximate surface area is 169 Å². The molecule has 160 valence electrons. The number of rotatable bonds is 3. The third-order valence-corrected chi connectivity index (χ3v) is 6.65. The first-order valence-corrected chi connectivity index (χ1v) is 10.3. The van der Waals surface area contributed by atoms with Crippen LogP contribution in [0, 0.1) is 0 Å². The van der Waals surface area contributed by atoms with Gasteiger partial charge in [0.2, 0.25) is 0 Å². The maximum atomic E-state index is 13.4. The van der Waals surface area contributed by atoms with E-state index in [1.807, 2.05) is 13.8 Å². The van der Waals surface area contributed by atoms with Crippen molar-refractivity contribution in [2.45, 2.75) is 36.6 Å². The van der Waals surface area contributed by atoms with Gasteiger partial charge >= 0.3 is 15.5 Å². The molecule has 0 fully saturated rings. The first-order valence-electron chi connectivity index (χ1n) is 8.86. The molecule has 4 rings (SSSR count). The minimum absolute atomic E-state index is 0.00423. The summed E-state index contributed by atoms with van der Waals surface area (Å²) in [6.07, 6.45) is 0. The number of halogens is 3. The van der Waals surface area contributed by atoms with Crippen LogP contribution in [-0.2, 0) is 21.3 Å². The Balaban J connectivity index is 2.04. The molecule has 0 bridgehead atoms. The van der Waals surface area contributed by atoms with Crippen molar-refractivity contribution in [1.29, 1.82) is 0 Å². The minimum atomic E-state index is -6.07. The summed E-state index contributed by atoms with van der Waals surface area (Å²) < 4.78 is 70.9. The normalized spacial score (nSPS) is 25.1. The molecule has 30 heavy (non-hydrogen) atoms. The standard InChI is InChI=1S/C19H17F3N2O5S/c1-9(2)10-6-7-11-14(8-10)29-18(26)12-4-3-5-13(23)15(12)16(25)17(11,18)24-30(27,28)19(20,21)22/h3-9,24,26H,23H2,1-2H3. The van der Waals surface area contributed by atoms with E-state index in [2.05, 4.69) is 0 Å². The topological polar surface area (TPSA) is 119 Å². The van der Waals surface area contributed by atoms with Crippen molar-refractivity contribution >= 4 is 21.5 Å². The number of ketones is 1. The molecule has 0 spiro atoms. The van der Waals surface area contributed by atoms with Crippen molar-refractivity contribution in [3.8, 4) is 5.75 Å². The van der Waals surface area contributed by atoms with E-state index in [9.17, 15) is 31.5 Å². The lowest BCUT2D eigenvalue weighted by Crippen LogP contribution is -2.61. The Morgan fingerprint density at radius 3 is 2.43 bits per heavy atom. The molecule has 2 aliphatic rings. The lowest BCUT2D eigenvalue weighted by Gasteiger charge is -2.34. The van der Waals surface area contributed by atoms with Crippen molar-refractivity contribution in [3.05, 3.63) is 58.7 Å². The number of carbonyl (C=O) groups is 1. The van der Waals surface area contributed by atoms with Gasteiger partial charge in [0.05, 0.1) is 5.56 Å². The molecule has 0 saturated carbocycles. The van der Waals surface area contributed by atoms with Gasteiger partial charge in [-0.05, 0) is 23.6 Å². The number of alkyl halides is 3. The van der Waals surface area contributed by atoms with Gasteiger partial charge in [0.25, 0.3) is 5.79 Å². The van der Waals surface area contributed by atoms with Crippen LogP contribution in [0.2, 0.25) is 0 Å². The van der Waals surface area contributed by atoms with Crippen molar-refractivity contribution < 1.29 is 36.2 Å². The largest absolute Gasteiger partial charge is 0.511 e. The molecular weight excluding hydrogens is 425 g/mol. The highest BCUT2D eigenvalue weighted by atomic mass is 32.2. The number of nitrogens with two attached hydrogens (primary N) is 1. The molecule has 1 aliphatic carbocycles. The van der Waals surface area contributed by atoms with Gasteiger partial charge in [-0.3, -0.25) is 4.79 Å². The molecule has 2 aromatic carbocycles. The predicted molar refractivity (Wildman–Crippen MR) is 100 cm³/mol. The number of aliphatic hydroxyl groups is 1. The lowest BCUT2D eigenvalue weighted by molar-refractivity contribution is -0.167. The average Bonchev–Trinajstić information content (AvgIpc) is 2.98. The van der Waals surface area contributed by atoms with Crippen LogP contribution in [0.25, 0.3) is 0 Å². The molecule has 2 atom stereocenters. The number of hydrogen-bond donors (Lipinski definition) is 3. The van der Waals surface area contributed by atoms with Gasteiger partial charge in [-0.1, -0.05) is 38.1 Å². The number of hydrogen-bond acceptors (Lipinski definition) is 6. The predicted octanol–water partition coefficient (Wildman–Crippen LogP) is 2.46. The molecule has 0 radical (unpaired) electrons. The fourth-order valence-corrected chi connectivity index (χ4v) is 4.83. The molecule has 0 amide bonds. The minimum Gasteiger partial charge on any atom is -0.455 e. The van der Waals surface area contributed by atoms with Crippen molar-refractivity contribution in [2.75, 3.05) is 5.73 Å². The first-order chi connectivity index (χ1) is 13.8. The van der Waals surface area contributed by atoms with Crippen LogP contribution in [0.5, 0.6) is 5.75 Å². The summed E-state index contributed by atoms with van der Waals surface area (Å²) in [5, 5.41) is 11.4. The molecule has 2 aromatic rings. The second-order valence-corrected chi connectivity index (χ2v) is 9.23. The molecule has 0 saturated heterocycles. The van der Waals surface area contributed by atoms with Gasteiger partial charge in [0, 0.05) is 16.8 Å². The molecule has 7 nitrogen and oxygen atoms in total. The van der Waals surface area contributed by atoms with Gasteiger partial charge in [-0.15, -0.1) is 0 Å². The Kier molecular flexibility index (Phi) is 4.10. The van der Waals surface area contributed by atoms with Crippen LogP contribution < -0.4 is 15.2 Å². The van der Waals surface area contributed by atoms with Gasteiger partial charge in [-0.2, -0.15) is 17.9 Å². The smallest absolute Gasteiger partial charge is 0.455 e. The van der Waals surface area contributed by atoms with Crippen LogP contribution in [-0.4, -0.2) is 24.8 Å². The zero-order valence-corrected chi connectivity index (χ0v) is 16.6. The van der Waals surface area contributed by atoms with E-state index < -0.39 is 32.6 Å². The number of fused-ring (bicyclic) bond motifs is 5. The Bertz CT molecular complexity index is 1200. The highest BCUT2D eigenvalue weighted by Gasteiger charge is 2.74. The van der Waals surface area contributed by atoms with Crippen molar-refractivity contribution in [1.82, 2.24) is 4.72 Å². The Morgan fingerprint density at radius 2 is 1.83 bits per heavy atom. The summed E-state index contributed by atoms with van der Waals surface area (Å²) in [5.74, 6) is -4.00. The van der Waals surface area contributed by atoms with E-state index in [0.29, 0.717) is 5.56 Å².